The summed E-state index contributed by atoms with van der Waals surface area (Å²) in [6, 6.07) is 0. The van der Waals surface area contributed by atoms with Gasteiger partial charge >= 0.3 is 0 Å². The first-order valence-corrected chi connectivity index (χ1v) is 5.00. The first-order valence-electron chi connectivity index (χ1n) is 5.00. The number of hydrogen-bond donors (Lipinski definition) is 1. The van der Waals surface area contributed by atoms with Crippen molar-refractivity contribution in [1.29, 1.82) is 0 Å². The highest BCUT2D eigenvalue weighted by atomic mass is 16.5. The molecule has 1 atom stereocenters. The molecule has 0 bridgehead atoms. The molecule has 1 saturated heterocycles. The van der Waals surface area contributed by atoms with Gasteiger partial charge in [-0.15, -0.1) is 0 Å². The predicted molar refractivity (Wildman–Crippen MR) is 52.9 cm³/mol. The highest BCUT2D eigenvalue weighted by Crippen LogP contribution is 2.21. The Kier molecular flexibility index (Phi) is 3.50. The van der Waals surface area contributed by atoms with Crippen LogP contribution in [0.15, 0.2) is 0 Å². The van der Waals surface area contributed by atoms with E-state index < -0.39 is 5.60 Å². The largest absolute Gasteiger partial charge is 0.390 e. The molecule has 0 saturated carbocycles. The van der Waals surface area contributed by atoms with Gasteiger partial charge in [-0.3, -0.25) is 4.79 Å². The van der Waals surface area contributed by atoms with E-state index in [1.807, 2.05) is 6.92 Å². The Labute approximate surface area is 84.8 Å². The van der Waals surface area contributed by atoms with Crippen LogP contribution >= 0.6 is 0 Å². The van der Waals surface area contributed by atoms with E-state index in [-0.39, 0.29) is 12.0 Å². The number of piperidine rings is 1. The average Bonchev–Trinajstić information content (AvgIpc) is 2.15. The van der Waals surface area contributed by atoms with E-state index in [0.717, 1.165) is 0 Å². The monoisotopic (exact) mass is 201 g/mol. The van der Waals surface area contributed by atoms with E-state index >= 15 is 0 Å². The van der Waals surface area contributed by atoms with Gasteiger partial charge in [-0.25, -0.2) is 0 Å². The Bertz CT molecular complexity index is 205. The van der Waals surface area contributed by atoms with Crippen molar-refractivity contribution < 1.29 is 14.6 Å². The molecule has 1 aliphatic heterocycles. The molecule has 1 rings (SSSR count). The summed E-state index contributed by atoms with van der Waals surface area (Å²) < 4.78 is 4.96. The number of ether oxygens (including phenoxy) is 1. The molecule has 4 nitrogen and oxygen atoms in total. The minimum absolute atomic E-state index is 0.0167. The molecule has 4 heteroatoms. The topological polar surface area (TPSA) is 49.8 Å². The zero-order valence-electron chi connectivity index (χ0n) is 9.12. The van der Waals surface area contributed by atoms with E-state index in [1.165, 1.54) is 7.11 Å². The van der Waals surface area contributed by atoms with Gasteiger partial charge in [0, 0.05) is 20.2 Å². The third-order valence-corrected chi connectivity index (χ3v) is 2.85. The zero-order chi connectivity index (χ0) is 10.8. The van der Waals surface area contributed by atoms with Crippen molar-refractivity contribution in [3.8, 4) is 0 Å². The molecule has 14 heavy (non-hydrogen) atoms. The van der Waals surface area contributed by atoms with Crippen LogP contribution in [0.25, 0.3) is 0 Å². The number of carbonyl (C=O) groups excluding carboxylic acids is 1. The minimum Gasteiger partial charge on any atom is -0.390 e. The van der Waals surface area contributed by atoms with Crippen molar-refractivity contribution >= 4 is 5.91 Å². The number of nitrogens with zero attached hydrogens (tertiary/aromatic N) is 1. The van der Waals surface area contributed by atoms with E-state index in [1.54, 1.807) is 11.8 Å². The van der Waals surface area contributed by atoms with Crippen LogP contribution in [-0.2, 0) is 9.53 Å². The Hall–Kier alpha value is -0.610. The smallest absolute Gasteiger partial charge is 0.251 e. The van der Waals surface area contributed by atoms with Gasteiger partial charge in [-0.05, 0) is 26.7 Å². The van der Waals surface area contributed by atoms with Gasteiger partial charge in [0.2, 0.25) is 0 Å². The molecule has 1 fully saturated rings. The summed E-state index contributed by atoms with van der Waals surface area (Å²) in [6.45, 7) is 4.81. The Morgan fingerprint density at radius 3 is 2.43 bits per heavy atom. The van der Waals surface area contributed by atoms with Crippen molar-refractivity contribution in [1.82, 2.24) is 4.90 Å². The minimum atomic E-state index is -0.604. The highest BCUT2D eigenvalue weighted by Gasteiger charge is 2.31. The van der Waals surface area contributed by atoms with Gasteiger partial charge in [0.15, 0.2) is 0 Å². The molecular formula is C10H19NO3. The van der Waals surface area contributed by atoms with Crippen molar-refractivity contribution in [2.75, 3.05) is 20.2 Å². The third-order valence-electron chi connectivity index (χ3n) is 2.85. The van der Waals surface area contributed by atoms with Crippen molar-refractivity contribution in [2.24, 2.45) is 0 Å². The fourth-order valence-corrected chi connectivity index (χ4v) is 1.57. The lowest BCUT2D eigenvalue weighted by molar-refractivity contribution is -0.144. The van der Waals surface area contributed by atoms with Crippen LogP contribution in [0.1, 0.15) is 26.7 Å². The quantitative estimate of drug-likeness (QED) is 0.703. The molecular weight excluding hydrogens is 182 g/mol. The normalized spacial score (nSPS) is 23.3. The maximum atomic E-state index is 11.7. The molecule has 1 N–H and O–H groups in total. The molecule has 0 aromatic carbocycles. The maximum Gasteiger partial charge on any atom is 0.251 e. The van der Waals surface area contributed by atoms with E-state index in [9.17, 15) is 9.90 Å². The van der Waals surface area contributed by atoms with Crippen molar-refractivity contribution in [2.45, 2.75) is 38.4 Å². The Balaban J connectivity index is 2.46. The lowest BCUT2D eigenvalue weighted by atomic mass is 9.93. The summed E-state index contributed by atoms with van der Waals surface area (Å²) in [5.41, 5.74) is -0.604. The van der Waals surface area contributed by atoms with Gasteiger partial charge in [-0.2, -0.15) is 0 Å². The number of hydrogen-bond acceptors (Lipinski definition) is 3. The van der Waals surface area contributed by atoms with Gasteiger partial charge in [0.25, 0.3) is 5.91 Å². The standard InChI is InChI=1S/C10H19NO3/c1-8(14-3)9(12)11-6-4-10(2,13)5-7-11/h8,13H,4-7H2,1-3H3. The molecule has 0 aliphatic carbocycles. The maximum absolute atomic E-state index is 11.7. The predicted octanol–water partition coefficient (Wildman–Crippen LogP) is 0.395. The van der Waals surface area contributed by atoms with E-state index in [4.69, 9.17) is 4.74 Å². The number of carbonyl (C=O) groups is 1. The van der Waals surface area contributed by atoms with Crippen LogP contribution in [0.2, 0.25) is 0 Å². The third kappa shape index (κ3) is 2.69. The summed E-state index contributed by atoms with van der Waals surface area (Å²) in [7, 11) is 1.53. The summed E-state index contributed by atoms with van der Waals surface area (Å²) in [4.78, 5) is 13.4. The zero-order valence-corrected chi connectivity index (χ0v) is 9.12. The Morgan fingerprint density at radius 2 is 2.00 bits per heavy atom. The molecule has 0 aromatic heterocycles. The molecule has 0 radical (unpaired) electrons. The molecule has 1 unspecified atom stereocenters. The van der Waals surface area contributed by atoms with Crippen LogP contribution in [-0.4, -0.2) is 47.8 Å². The molecule has 1 heterocycles. The van der Waals surface area contributed by atoms with E-state index in [0.29, 0.717) is 25.9 Å². The number of amides is 1. The summed E-state index contributed by atoms with van der Waals surface area (Å²) in [6.07, 6.45) is 0.919. The summed E-state index contributed by atoms with van der Waals surface area (Å²) in [5.74, 6) is 0.0167. The average molecular weight is 201 g/mol. The van der Waals surface area contributed by atoms with Crippen LogP contribution in [0.4, 0.5) is 0 Å². The fourth-order valence-electron chi connectivity index (χ4n) is 1.57. The van der Waals surface area contributed by atoms with Crippen LogP contribution < -0.4 is 0 Å². The molecule has 1 aliphatic rings. The molecule has 0 spiro atoms. The number of likely N-dealkylation sites (tertiary alicyclic amines) is 1. The van der Waals surface area contributed by atoms with Gasteiger partial charge < -0.3 is 14.7 Å². The van der Waals surface area contributed by atoms with Crippen LogP contribution in [0, 0.1) is 0 Å². The van der Waals surface area contributed by atoms with Crippen molar-refractivity contribution in [3.05, 3.63) is 0 Å². The van der Waals surface area contributed by atoms with Crippen molar-refractivity contribution in [3.63, 3.8) is 0 Å². The van der Waals surface area contributed by atoms with E-state index in [2.05, 4.69) is 0 Å². The summed E-state index contributed by atoms with van der Waals surface area (Å²) in [5, 5.41) is 9.70. The number of rotatable bonds is 2. The van der Waals surface area contributed by atoms with Crippen LogP contribution in [0.3, 0.4) is 0 Å². The SMILES string of the molecule is COC(C)C(=O)N1CCC(C)(O)CC1. The van der Waals surface area contributed by atoms with Gasteiger partial charge in [-0.1, -0.05) is 0 Å². The van der Waals surface area contributed by atoms with Gasteiger partial charge in [0.1, 0.15) is 6.10 Å². The Morgan fingerprint density at radius 1 is 1.50 bits per heavy atom. The summed E-state index contributed by atoms with van der Waals surface area (Å²) >= 11 is 0. The number of methoxy groups -OCH3 is 1. The number of aliphatic hydroxyl groups is 1. The highest BCUT2D eigenvalue weighted by molar-refractivity contribution is 5.80. The molecule has 1 amide bonds. The second-order valence-electron chi connectivity index (χ2n) is 4.20. The fraction of sp³-hybridized carbons (Fsp3) is 0.900. The second-order valence-corrected chi connectivity index (χ2v) is 4.20. The molecule has 0 aromatic rings. The first-order chi connectivity index (χ1) is 6.46. The first kappa shape index (κ1) is 11.5. The lowest BCUT2D eigenvalue weighted by Gasteiger charge is -2.36. The molecule has 82 valence electrons. The lowest BCUT2D eigenvalue weighted by Crippen LogP contribution is -2.48. The van der Waals surface area contributed by atoms with Crippen LogP contribution in [0.5, 0.6) is 0 Å². The second kappa shape index (κ2) is 4.28. The van der Waals surface area contributed by atoms with Gasteiger partial charge in [0.05, 0.1) is 5.60 Å².